The Morgan fingerprint density at radius 1 is 1.43 bits per heavy atom. The Kier molecular flexibility index (Phi) is 5.37. The molecule has 2 rings (SSSR count). The highest BCUT2D eigenvalue weighted by molar-refractivity contribution is 5.96. The average molecular weight is 289 g/mol. The van der Waals surface area contributed by atoms with E-state index in [2.05, 4.69) is 37.1 Å². The third-order valence-electron chi connectivity index (χ3n) is 4.70. The van der Waals surface area contributed by atoms with Gasteiger partial charge in [-0.1, -0.05) is 25.5 Å². The average Bonchev–Trinajstić information content (AvgIpc) is 2.87. The maximum atomic E-state index is 12.7. The molecule has 1 fully saturated rings. The molecule has 0 spiro atoms. The molecule has 116 valence electrons. The third-order valence-corrected chi connectivity index (χ3v) is 4.70. The molecule has 21 heavy (non-hydrogen) atoms. The normalized spacial score (nSPS) is 22.5. The van der Waals surface area contributed by atoms with Gasteiger partial charge in [0.2, 0.25) is 5.91 Å². The van der Waals surface area contributed by atoms with Gasteiger partial charge in [0, 0.05) is 18.8 Å². The number of rotatable bonds is 5. The van der Waals surface area contributed by atoms with Crippen LogP contribution < -0.4 is 11.1 Å². The second-order valence-electron chi connectivity index (χ2n) is 5.96. The van der Waals surface area contributed by atoms with Crippen LogP contribution in [0.5, 0.6) is 0 Å². The van der Waals surface area contributed by atoms with Crippen LogP contribution in [0.3, 0.4) is 0 Å². The Bertz CT molecular complexity index is 501. The summed E-state index contributed by atoms with van der Waals surface area (Å²) in [5.74, 6) is 0.545. The number of hydrogen-bond donors (Lipinski definition) is 2. The van der Waals surface area contributed by atoms with Gasteiger partial charge in [-0.2, -0.15) is 0 Å². The van der Waals surface area contributed by atoms with Crippen LogP contribution >= 0.6 is 0 Å². The van der Waals surface area contributed by atoms with Gasteiger partial charge in [-0.25, -0.2) is 0 Å². The summed E-state index contributed by atoms with van der Waals surface area (Å²) in [5.41, 5.74) is 8.95. The van der Waals surface area contributed by atoms with Gasteiger partial charge in [-0.05, 0) is 49.9 Å². The van der Waals surface area contributed by atoms with Crippen molar-refractivity contribution in [2.75, 3.05) is 25.0 Å². The first-order valence-corrected chi connectivity index (χ1v) is 7.89. The highest BCUT2D eigenvalue weighted by Crippen LogP contribution is 2.28. The molecule has 0 unspecified atom stereocenters. The van der Waals surface area contributed by atoms with Crippen molar-refractivity contribution >= 4 is 11.6 Å². The molecule has 0 aliphatic carbocycles. The van der Waals surface area contributed by atoms with Crippen molar-refractivity contribution in [3.63, 3.8) is 0 Å². The number of likely N-dealkylation sites (tertiary alicyclic amines) is 1. The van der Waals surface area contributed by atoms with Crippen LogP contribution in [0, 0.1) is 19.8 Å². The van der Waals surface area contributed by atoms with Crippen LogP contribution in [-0.4, -0.2) is 36.5 Å². The molecular weight excluding hydrogens is 262 g/mol. The van der Waals surface area contributed by atoms with E-state index in [4.69, 9.17) is 5.73 Å². The van der Waals surface area contributed by atoms with Crippen molar-refractivity contribution < 1.29 is 4.79 Å². The molecule has 0 bridgehead atoms. The number of aryl methyl sites for hydroxylation is 1. The maximum Gasteiger partial charge on any atom is 0.242 e. The van der Waals surface area contributed by atoms with Crippen LogP contribution in [-0.2, 0) is 4.79 Å². The number of nitrogens with two attached hydrogens (primary N) is 1. The van der Waals surface area contributed by atoms with E-state index in [0.717, 1.165) is 37.2 Å². The summed E-state index contributed by atoms with van der Waals surface area (Å²) in [7, 11) is 0. The molecule has 0 aromatic heterocycles. The first-order valence-electron chi connectivity index (χ1n) is 7.89. The molecule has 1 aromatic carbocycles. The van der Waals surface area contributed by atoms with E-state index in [1.165, 1.54) is 5.56 Å². The summed E-state index contributed by atoms with van der Waals surface area (Å²) in [6.45, 7) is 8.64. The monoisotopic (exact) mass is 289 g/mol. The second kappa shape index (κ2) is 7.05. The minimum atomic E-state index is -0.0431. The van der Waals surface area contributed by atoms with Crippen LogP contribution in [0.25, 0.3) is 0 Å². The lowest BCUT2D eigenvalue weighted by Gasteiger charge is -2.26. The highest BCUT2D eigenvalue weighted by atomic mass is 16.2. The van der Waals surface area contributed by atoms with E-state index in [9.17, 15) is 4.79 Å². The summed E-state index contributed by atoms with van der Waals surface area (Å²) in [6, 6.07) is 5.99. The SMILES string of the molecule is CC[C@H]1CCN(CCN)[C@@H]1C(=O)Nc1cccc(C)c1C. The van der Waals surface area contributed by atoms with Gasteiger partial charge in [0.25, 0.3) is 0 Å². The van der Waals surface area contributed by atoms with E-state index < -0.39 is 0 Å². The van der Waals surface area contributed by atoms with Crippen molar-refractivity contribution in [2.45, 2.75) is 39.7 Å². The Labute approximate surface area is 127 Å². The smallest absolute Gasteiger partial charge is 0.242 e. The number of benzene rings is 1. The largest absolute Gasteiger partial charge is 0.329 e. The topological polar surface area (TPSA) is 58.4 Å². The van der Waals surface area contributed by atoms with Crippen LogP contribution in [0.4, 0.5) is 5.69 Å². The van der Waals surface area contributed by atoms with E-state index in [-0.39, 0.29) is 11.9 Å². The summed E-state index contributed by atoms with van der Waals surface area (Å²) >= 11 is 0. The Morgan fingerprint density at radius 3 is 2.86 bits per heavy atom. The zero-order chi connectivity index (χ0) is 15.4. The third kappa shape index (κ3) is 3.44. The molecular formula is C17H27N3O. The van der Waals surface area contributed by atoms with Gasteiger partial charge < -0.3 is 11.1 Å². The fourth-order valence-corrected chi connectivity index (χ4v) is 3.24. The fraction of sp³-hybridized carbons (Fsp3) is 0.588. The predicted molar refractivity (Wildman–Crippen MR) is 87.4 cm³/mol. The first kappa shape index (κ1) is 16.0. The summed E-state index contributed by atoms with van der Waals surface area (Å²) in [6.07, 6.45) is 2.12. The van der Waals surface area contributed by atoms with E-state index in [0.29, 0.717) is 12.5 Å². The number of nitrogens with one attached hydrogen (secondary N) is 1. The molecule has 1 aromatic rings. The van der Waals surface area contributed by atoms with Gasteiger partial charge in [0.15, 0.2) is 0 Å². The lowest BCUT2D eigenvalue weighted by atomic mass is 9.96. The van der Waals surface area contributed by atoms with E-state index >= 15 is 0 Å². The van der Waals surface area contributed by atoms with Gasteiger partial charge in [0.1, 0.15) is 0 Å². The van der Waals surface area contributed by atoms with Gasteiger partial charge in [-0.15, -0.1) is 0 Å². The van der Waals surface area contributed by atoms with Crippen molar-refractivity contribution in [3.8, 4) is 0 Å². The van der Waals surface area contributed by atoms with Gasteiger partial charge in [-0.3, -0.25) is 9.69 Å². The molecule has 1 saturated heterocycles. The summed E-state index contributed by atoms with van der Waals surface area (Å²) < 4.78 is 0. The Hall–Kier alpha value is -1.39. The predicted octanol–water partition coefficient (Wildman–Crippen LogP) is 2.30. The molecule has 0 radical (unpaired) electrons. The van der Waals surface area contributed by atoms with Gasteiger partial charge >= 0.3 is 0 Å². The molecule has 4 nitrogen and oxygen atoms in total. The van der Waals surface area contributed by atoms with E-state index in [1.807, 2.05) is 12.1 Å². The molecule has 2 atom stereocenters. The standard InChI is InChI=1S/C17H27N3O/c1-4-14-8-10-20(11-9-18)16(14)17(21)19-15-7-5-6-12(2)13(15)3/h5-7,14,16H,4,8-11,18H2,1-3H3,(H,19,21)/t14-,16-/m0/s1. The fourth-order valence-electron chi connectivity index (χ4n) is 3.24. The summed E-state index contributed by atoms with van der Waals surface area (Å²) in [5, 5.41) is 3.12. The molecule has 0 saturated carbocycles. The zero-order valence-corrected chi connectivity index (χ0v) is 13.4. The van der Waals surface area contributed by atoms with Crippen molar-refractivity contribution in [1.29, 1.82) is 0 Å². The molecule has 3 N–H and O–H groups in total. The van der Waals surface area contributed by atoms with Crippen LogP contribution in [0.1, 0.15) is 30.9 Å². The zero-order valence-electron chi connectivity index (χ0n) is 13.4. The number of hydrogen-bond acceptors (Lipinski definition) is 3. The van der Waals surface area contributed by atoms with Crippen molar-refractivity contribution in [2.24, 2.45) is 11.7 Å². The number of amides is 1. The minimum absolute atomic E-state index is 0.0431. The Morgan fingerprint density at radius 2 is 2.19 bits per heavy atom. The maximum absolute atomic E-state index is 12.7. The molecule has 1 aliphatic rings. The van der Waals surface area contributed by atoms with E-state index in [1.54, 1.807) is 0 Å². The molecule has 4 heteroatoms. The van der Waals surface area contributed by atoms with Crippen LogP contribution in [0.2, 0.25) is 0 Å². The molecule has 1 amide bonds. The number of nitrogens with zero attached hydrogens (tertiary/aromatic N) is 1. The molecule has 1 aliphatic heterocycles. The first-order chi connectivity index (χ1) is 10.1. The number of anilines is 1. The van der Waals surface area contributed by atoms with Crippen molar-refractivity contribution in [1.82, 2.24) is 4.90 Å². The number of carbonyl (C=O) groups excluding carboxylic acids is 1. The highest BCUT2D eigenvalue weighted by Gasteiger charge is 2.37. The summed E-state index contributed by atoms with van der Waals surface area (Å²) in [4.78, 5) is 15.0. The molecule has 1 heterocycles. The van der Waals surface area contributed by atoms with Crippen molar-refractivity contribution in [3.05, 3.63) is 29.3 Å². The Balaban J connectivity index is 2.15. The quantitative estimate of drug-likeness (QED) is 0.874. The second-order valence-corrected chi connectivity index (χ2v) is 5.96. The lowest BCUT2D eigenvalue weighted by molar-refractivity contribution is -0.121. The minimum Gasteiger partial charge on any atom is -0.329 e. The van der Waals surface area contributed by atoms with Crippen LogP contribution in [0.15, 0.2) is 18.2 Å². The lowest BCUT2D eigenvalue weighted by Crippen LogP contribution is -2.44. The van der Waals surface area contributed by atoms with Gasteiger partial charge in [0.05, 0.1) is 6.04 Å². The number of carbonyl (C=O) groups is 1.